The van der Waals surface area contributed by atoms with Gasteiger partial charge in [-0.15, -0.1) is 0 Å². The van der Waals surface area contributed by atoms with E-state index in [0.717, 1.165) is 18.8 Å². The Balaban J connectivity index is 1.90. The smallest absolute Gasteiger partial charge is 0.0430 e. The van der Waals surface area contributed by atoms with E-state index in [-0.39, 0.29) is 0 Å². The number of nitrogens with zero attached hydrogens (tertiary/aromatic N) is 1. The van der Waals surface area contributed by atoms with Gasteiger partial charge in [0.25, 0.3) is 0 Å². The van der Waals surface area contributed by atoms with Crippen molar-refractivity contribution in [2.24, 2.45) is 0 Å². The molecule has 0 bridgehead atoms. The van der Waals surface area contributed by atoms with Crippen LogP contribution in [0.15, 0.2) is 42.5 Å². The molecule has 1 aliphatic heterocycles. The topological polar surface area (TPSA) is 29.3 Å². The van der Waals surface area contributed by atoms with E-state index in [1.165, 1.54) is 36.1 Å². The molecule has 0 aliphatic carbocycles. The Morgan fingerprint density at radius 2 is 1.95 bits per heavy atom. The van der Waals surface area contributed by atoms with E-state index in [4.69, 9.17) is 17.3 Å². The van der Waals surface area contributed by atoms with Crippen molar-refractivity contribution >= 4 is 23.0 Å². The second-order valence-corrected chi connectivity index (χ2v) is 5.84. The number of anilines is 2. The van der Waals surface area contributed by atoms with E-state index >= 15 is 0 Å². The molecule has 3 heteroatoms. The number of aryl methyl sites for hydroxylation is 1. The first-order chi connectivity index (χ1) is 9.72. The highest BCUT2D eigenvalue weighted by atomic mass is 35.5. The molecule has 0 fully saturated rings. The lowest BCUT2D eigenvalue weighted by molar-refractivity contribution is 0.714. The SMILES string of the molecule is Nc1cc(Cl)cc(CN2CCCCc3ccccc32)c1. The summed E-state index contributed by atoms with van der Waals surface area (Å²) in [5, 5.41) is 0.711. The standard InChI is InChI=1S/C17H19ClN2/c18-15-9-13(10-16(19)11-15)12-20-8-4-3-6-14-5-1-2-7-17(14)20/h1-2,5,7,9-11H,3-4,6,8,12,19H2. The zero-order valence-electron chi connectivity index (χ0n) is 11.5. The lowest BCUT2D eigenvalue weighted by atomic mass is 10.1. The molecule has 3 rings (SSSR count). The van der Waals surface area contributed by atoms with Crippen LogP contribution in [0.25, 0.3) is 0 Å². The molecule has 2 aromatic carbocycles. The van der Waals surface area contributed by atoms with Gasteiger partial charge in [0.1, 0.15) is 0 Å². The zero-order valence-corrected chi connectivity index (χ0v) is 12.2. The molecule has 104 valence electrons. The van der Waals surface area contributed by atoms with Crippen LogP contribution in [-0.4, -0.2) is 6.54 Å². The molecule has 0 radical (unpaired) electrons. The Labute approximate surface area is 125 Å². The summed E-state index contributed by atoms with van der Waals surface area (Å²) in [6, 6.07) is 14.5. The largest absolute Gasteiger partial charge is 0.399 e. The molecular formula is C17H19ClN2. The maximum Gasteiger partial charge on any atom is 0.0430 e. The lowest BCUT2D eigenvalue weighted by Gasteiger charge is -2.25. The molecule has 0 saturated heterocycles. The molecule has 2 N–H and O–H groups in total. The Hall–Kier alpha value is -1.67. The van der Waals surface area contributed by atoms with Gasteiger partial charge in [0, 0.05) is 29.5 Å². The molecule has 1 aliphatic rings. The van der Waals surface area contributed by atoms with Crippen LogP contribution in [0, 0.1) is 0 Å². The molecule has 2 aromatic rings. The van der Waals surface area contributed by atoms with E-state index in [1.807, 2.05) is 12.1 Å². The number of rotatable bonds is 2. The first kappa shape index (κ1) is 13.3. The summed E-state index contributed by atoms with van der Waals surface area (Å²) < 4.78 is 0. The predicted molar refractivity (Wildman–Crippen MR) is 86.3 cm³/mol. The molecule has 0 spiro atoms. The van der Waals surface area contributed by atoms with Crippen LogP contribution in [-0.2, 0) is 13.0 Å². The second-order valence-electron chi connectivity index (χ2n) is 5.40. The highest BCUT2D eigenvalue weighted by Crippen LogP contribution is 2.28. The minimum absolute atomic E-state index is 0.711. The van der Waals surface area contributed by atoms with Crippen molar-refractivity contribution in [1.29, 1.82) is 0 Å². The van der Waals surface area contributed by atoms with Crippen molar-refractivity contribution in [3.63, 3.8) is 0 Å². The van der Waals surface area contributed by atoms with Gasteiger partial charge in [-0.2, -0.15) is 0 Å². The number of para-hydroxylation sites is 1. The van der Waals surface area contributed by atoms with Crippen LogP contribution < -0.4 is 10.6 Å². The third-order valence-corrected chi connectivity index (χ3v) is 4.03. The van der Waals surface area contributed by atoms with E-state index in [2.05, 4.69) is 29.2 Å². The first-order valence-electron chi connectivity index (χ1n) is 7.10. The van der Waals surface area contributed by atoms with Gasteiger partial charge in [0.15, 0.2) is 0 Å². The molecular weight excluding hydrogens is 268 g/mol. The number of nitrogen functional groups attached to an aromatic ring is 1. The van der Waals surface area contributed by atoms with Crippen molar-refractivity contribution in [2.75, 3.05) is 17.2 Å². The lowest BCUT2D eigenvalue weighted by Crippen LogP contribution is -2.23. The van der Waals surface area contributed by atoms with Gasteiger partial charge in [-0.1, -0.05) is 29.8 Å². The van der Waals surface area contributed by atoms with Gasteiger partial charge in [0.05, 0.1) is 0 Å². The van der Waals surface area contributed by atoms with Gasteiger partial charge in [-0.3, -0.25) is 0 Å². The van der Waals surface area contributed by atoms with Gasteiger partial charge in [0.2, 0.25) is 0 Å². The van der Waals surface area contributed by atoms with Crippen LogP contribution in [0.5, 0.6) is 0 Å². The zero-order chi connectivity index (χ0) is 13.9. The fraction of sp³-hybridized carbons (Fsp3) is 0.294. The summed E-state index contributed by atoms with van der Waals surface area (Å²) >= 11 is 6.10. The Bertz CT molecular complexity index is 589. The highest BCUT2D eigenvalue weighted by Gasteiger charge is 2.15. The fourth-order valence-corrected chi connectivity index (χ4v) is 3.19. The Morgan fingerprint density at radius 3 is 2.80 bits per heavy atom. The van der Waals surface area contributed by atoms with E-state index < -0.39 is 0 Å². The molecule has 0 atom stereocenters. The van der Waals surface area contributed by atoms with Crippen LogP contribution in [0.4, 0.5) is 11.4 Å². The predicted octanol–water partition coefficient (Wildman–Crippen LogP) is 4.27. The normalized spacial score (nSPS) is 14.8. The third-order valence-electron chi connectivity index (χ3n) is 3.81. The van der Waals surface area contributed by atoms with Crippen LogP contribution in [0.2, 0.25) is 5.02 Å². The Morgan fingerprint density at radius 1 is 1.10 bits per heavy atom. The number of benzene rings is 2. The molecule has 0 aromatic heterocycles. The number of fused-ring (bicyclic) bond motifs is 1. The third kappa shape index (κ3) is 2.91. The summed E-state index contributed by atoms with van der Waals surface area (Å²) in [6.45, 7) is 1.95. The average molecular weight is 287 g/mol. The minimum Gasteiger partial charge on any atom is -0.399 e. The highest BCUT2D eigenvalue weighted by molar-refractivity contribution is 6.30. The van der Waals surface area contributed by atoms with Gasteiger partial charge in [-0.25, -0.2) is 0 Å². The van der Waals surface area contributed by atoms with Gasteiger partial charge < -0.3 is 10.6 Å². The van der Waals surface area contributed by atoms with Crippen LogP contribution in [0.3, 0.4) is 0 Å². The van der Waals surface area contributed by atoms with Crippen molar-refractivity contribution < 1.29 is 0 Å². The summed E-state index contributed by atoms with van der Waals surface area (Å²) in [5.41, 5.74) is 10.6. The second kappa shape index (κ2) is 5.76. The molecule has 1 heterocycles. The quantitative estimate of drug-likeness (QED) is 0.836. The average Bonchev–Trinajstić information content (AvgIpc) is 2.61. The fourth-order valence-electron chi connectivity index (χ4n) is 2.92. The first-order valence-corrected chi connectivity index (χ1v) is 7.48. The van der Waals surface area contributed by atoms with Crippen LogP contribution in [0.1, 0.15) is 24.0 Å². The molecule has 2 nitrogen and oxygen atoms in total. The van der Waals surface area contributed by atoms with Crippen LogP contribution >= 0.6 is 11.6 Å². The number of halogens is 1. The number of hydrogen-bond donors (Lipinski definition) is 1. The monoisotopic (exact) mass is 286 g/mol. The molecule has 0 amide bonds. The van der Waals surface area contributed by atoms with Crippen molar-refractivity contribution in [1.82, 2.24) is 0 Å². The maximum atomic E-state index is 6.10. The minimum atomic E-state index is 0.711. The summed E-state index contributed by atoms with van der Waals surface area (Å²) in [7, 11) is 0. The van der Waals surface area contributed by atoms with E-state index in [9.17, 15) is 0 Å². The molecule has 0 unspecified atom stereocenters. The van der Waals surface area contributed by atoms with Crippen molar-refractivity contribution in [2.45, 2.75) is 25.8 Å². The van der Waals surface area contributed by atoms with Gasteiger partial charge in [-0.05, 0) is 54.7 Å². The summed E-state index contributed by atoms with van der Waals surface area (Å²) in [6.07, 6.45) is 3.65. The van der Waals surface area contributed by atoms with E-state index in [1.54, 1.807) is 6.07 Å². The number of hydrogen-bond acceptors (Lipinski definition) is 2. The maximum absolute atomic E-state index is 6.10. The molecule has 20 heavy (non-hydrogen) atoms. The van der Waals surface area contributed by atoms with E-state index in [0.29, 0.717) is 5.02 Å². The molecule has 0 saturated carbocycles. The number of nitrogens with two attached hydrogens (primary N) is 1. The van der Waals surface area contributed by atoms with Crippen molar-refractivity contribution in [3.05, 3.63) is 58.6 Å². The Kier molecular flexibility index (Phi) is 3.83. The van der Waals surface area contributed by atoms with Gasteiger partial charge >= 0.3 is 0 Å². The van der Waals surface area contributed by atoms with Crippen molar-refractivity contribution in [3.8, 4) is 0 Å². The summed E-state index contributed by atoms with van der Waals surface area (Å²) in [4.78, 5) is 2.44. The summed E-state index contributed by atoms with van der Waals surface area (Å²) in [5.74, 6) is 0.